The molecule has 0 spiro atoms. The quantitative estimate of drug-likeness (QED) is 0.528. The highest BCUT2D eigenvalue weighted by Crippen LogP contribution is 2.42. The number of hydrogen-bond acceptors (Lipinski definition) is 1. The van der Waals surface area contributed by atoms with Crippen LogP contribution in [0.1, 0.15) is 33.3 Å². The average Bonchev–Trinajstić information content (AvgIpc) is 2.46. The summed E-state index contributed by atoms with van der Waals surface area (Å²) in [6.07, 6.45) is 0. The third-order valence-electron chi connectivity index (χ3n) is 3.91. The molecule has 1 aromatic carbocycles. The van der Waals surface area contributed by atoms with E-state index in [-0.39, 0.29) is 27.7 Å². The Morgan fingerprint density at radius 3 is 2.37 bits per heavy atom. The molecule has 1 heterocycles. The zero-order valence-electron chi connectivity index (χ0n) is 11.5. The van der Waals surface area contributed by atoms with Crippen LogP contribution >= 0.6 is 7.60 Å². The van der Waals surface area contributed by atoms with Gasteiger partial charge in [0.2, 0.25) is 5.69 Å². The minimum Gasteiger partial charge on any atom is -1.00 e. The van der Waals surface area contributed by atoms with Crippen molar-refractivity contribution in [3.05, 3.63) is 23.8 Å². The number of fused-ring (bicyclic) bond motifs is 1. The normalized spacial score (nSPS) is 17.2. The summed E-state index contributed by atoms with van der Waals surface area (Å²) in [6.45, 7) is 9.17. The van der Waals surface area contributed by atoms with Crippen LogP contribution in [0.4, 0.5) is 5.69 Å². The molecule has 0 amide bonds. The highest BCUT2D eigenvalue weighted by molar-refractivity contribution is 7.60. The molecule has 1 aliphatic rings. The van der Waals surface area contributed by atoms with E-state index in [1.54, 1.807) is 6.07 Å². The maximum atomic E-state index is 11.4. The van der Waals surface area contributed by atoms with Crippen molar-refractivity contribution in [1.29, 1.82) is 0 Å². The van der Waals surface area contributed by atoms with Gasteiger partial charge in [-0.25, -0.2) is 0 Å². The highest BCUT2D eigenvalue weighted by Gasteiger charge is 2.43. The van der Waals surface area contributed by atoms with Crippen molar-refractivity contribution >= 4 is 24.3 Å². The van der Waals surface area contributed by atoms with Crippen molar-refractivity contribution < 1.29 is 35.9 Å². The molecule has 1 aromatic rings. The Morgan fingerprint density at radius 1 is 1.32 bits per heavy atom. The van der Waals surface area contributed by atoms with Crippen molar-refractivity contribution in [2.24, 2.45) is 0 Å². The first kappa shape index (κ1) is 16.6. The van der Waals surface area contributed by atoms with E-state index in [9.17, 15) is 14.4 Å². The minimum absolute atomic E-state index is 0. The van der Waals surface area contributed by atoms with E-state index in [2.05, 4.69) is 32.3 Å². The fourth-order valence-electron chi connectivity index (χ4n) is 2.56. The molecule has 0 saturated heterocycles. The van der Waals surface area contributed by atoms with Crippen LogP contribution in [0.3, 0.4) is 0 Å². The number of hydrogen-bond donors (Lipinski definition) is 2. The van der Waals surface area contributed by atoms with Gasteiger partial charge in [0.25, 0.3) is 0 Å². The lowest BCUT2D eigenvalue weighted by atomic mass is 9.82. The Labute approximate surface area is 124 Å². The lowest BCUT2D eigenvalue weighted by molar-refractivity contribution is -0.434. The van der Waals surface area contributed by atoms with Crippen molar-refractivity contribution in [1.82, 2.24) is 0 Å². The second-order valence-corrected chi connectivity index (χ2v) is 6.80. The van der Waals surface area contributed by atoms with Gasteiger partial charge in [-0.2, -0.15) is 4.58 Å². The maximum absolute atomic E-state index is 11.4. The van der Waals surface area contributed by atoms with Crippen molar-refractivity contribution in [3.8, 4) is 0 Å². The topological polar surface area (TPSA) is 60.5 Å². The molecule has 2 rings (SSSR count). The molecule has 19 heavy (non-hydrogen) atoms. The van der Waals surface area contributed by atoms with Crippen LogP contribution in [-0.4, -0.2) is 26.6 Å². The van der Waals surface area contributed by atoms with Gasteiger partial charge in [0.1, 0.15) is 6.54 Å². The Kier molecular flexibility index (Phi) is 4.48. The second kappa shape index (κ2) is 5.13. The predicted molar refractivity (Wildman–Crippen MR) is 72.3 cm³/mol. The standard InChI is InChI=1S/C13H18NO3P.BrH/c1-5-14-9(2)13(3,4)11-8-10(18(15,16)17)6-7-12(11)14;/h6-8H,5H2,1-4H3,(H-,15,16,17);1H. The van der Waals surface area contributed by atoms with Gasteiger partial charge in [0, 0.05) is 18.6 Å². The molecule has 2 N–H and O–H groups in total. The smallest absolute Gasteiger partial charge is 0.356 e. The molecule has 0 unspecified atom stereocenters. The van der Waals surface area contributed by atoms with Gasteiger partial charge in [-0.05, 0) is 32.9 Å². The molecule has 6 heteroatoms. The van der Waals surface area contributed by atoms with Crippen LogP contribution in [0.2, 0.25) is 0 Å². The first-order valence-corrected chi connectivity index (χ1v) is 7.63. The van der Waals surface area contributed by atoms with Gasteiger partial charge in [-0.15, -0.1) is 0 Å². The summed E-state index contributed by atoms with van der Waals surface area (Å²) >= 11 is 0. The number of benzene rings is 1. The maximum Gasteiger partial charge on any atom is 0.356 e. The first-order valence-electron chi connectivity index (χ1n) is 6.01. The van der Waals surface area contributed by atoms with Crippen LogP contribution in [0.5, 0.6) is 0 Å². The van der Waals surface area contributed by atoms with E-state index in [4.69, 9.17) is 0 Å². The fourth-order valence-corrected chi connectivity index (χ4v) is 3.13. The van der Waals surface area contributed by atoms with Gasteiger partial charge < -0.3 is 26.8 Å². The summed E-state index contributed by atoms with van der Waals surface area (Å²) in [5.74, 6) is 0. The van der Waals surface area contributed by atoms with Gasteiger partial charge in [0.05, 0.1) is 10.7 Å². The van der Waals surface area contributed by atoms with Crippen LogP contribution in [0.15, 0.2) is 18.2 Å². The Morgan fingerprint density at radius 2 is 1.89 bits per heavy atom. The largest absolute Gasteiger partial charge is 1.00 e. The zero-order chi connectivity index (χ0) is 13.7. The van der Waals surface area contributed by atoms with E-state index in [1.807, 2.05) is 6.07 Å². The van der Waals surface area contributed by atoms with Crippen molar-refractivity contribution in [3.63, 3.8) is 0 Å². The van der Waals surface area contributed by atoms with Gasteiger partial charge >= 0.3 is 7.60 Å². The number of nitrogens with zero attached hydrogens (tertiary/aromatic N) is 1. The summed E-state index contributed by atoms with van der Waals surface area (Å²) in [5.41, 5.74) is 3.07. The van der Waals surface area contributed by atoms with Gasteiger partial charge in [-0.1, -0.05) is 0 Å². The Hall–Kier alpha value is -0.480. The molecular formula is C13H19BrNO3P. The van der Waals surface area contributed by atoms with Crippen molar-refractivity contribution in [2.75, 3.05) is 6.54 Å². The summed E-state index contributed by atoms with van der Waals surface area (Å²) in [4.78, 5) is 18.5. The summed E-state index contributed by atoms with van der Waals surface area (Å²) in [7, 11) is -4.18. The molecule has 0 aromatic heterocycles. The highest BCUT2D eigenvalue weighted by atomic mass is 79.9. The van der Waals surface area contributed by atoms with Crippen LogP contribution < -0.4 is 22.3 Å². The summed E-state index contributed by atoms with van der Waals surface area (Å²) in [6, 6.07) is 4.98. The molecule has 106 valence electrons. The molecular weight excluding hydrogens is 329 g/mol. The SMILES string of the molecule is CC[N+]1=C(C)C(C)(C)c2cc(P(=O)(O)O)ccc21.[Br-]. The predicted octanol–water partition coefficient (Wildman–Crippen LogP) is -1.09. The van der Waals surface area contributed by atoms with E-state index in [0.717, 1.165) is 17.8 Å². The van der Waals surface area contributed by atoms with Crippen LogP contribution in [-0.2, 0) is 9.98 Å². The Balaban J connectivity index is 0.00000180. The monoisotopic (exact) mass is 347 g/mol. The van der Waals surface area contributed by atoms with Crippen LogP contribution in [0, 0.1) is 0 Å². The fraction of sp³-hybridized carbons (Fsp3) is 0.462. The summed E-state index contributed by atoms with van der Waals surface area (Å²) in [5, 5.41) is 0.0973. The first-order chi connectivity index (χ1) is 8.19. The molecule has 1 aliphatic heterocycles. The average molecular weight is 348 g/mol. The Bertz CT molecular complexity index is 590. The molecule has 0 aliphatic carbocycles. The van der Waals surface area contributed by atoms with Gasteiger partial charge in [0.15, 0.2) is 5.71 Å². The number of rotatable bonds is 2. The lowest BCUT2D eigenvalue weighted by Gasteiger charge is -2.16. The number of halogens is 1. The molecule has 4 nitrogen and oxygen atoms in total. The van der Waals surface area contributed by atoms with E-state index < -0.39 is 7.60 Å². The lowest BCUT2D eigenvalue weighted by Crippen LogP contribution is -3.00. The third-order valence-corrected chi connectivity index (χ3v) is 4.86. The molecule has 0 radical (unpaired) electrons. The van der Waals surface area contributed by atoms with E-state index in [0.29, 0.717) is 0 Å². The molecule has 0 atom stereocenters. The van der Waals surface area contributed by atoms with Crippen LogP contribution in [0.25, 0.3) is 0 Å². The minimum atomic E-state index is -4.18. The zero-order valence-corrected chi connectivity index (χ0v) is 14.0. The van der Waals surface area contributed by atoms with E-state index >= 15 is 0 Å². The van der Waals surface area contributed by atoms with Gasteiger partial charge in [-0.3, -0.25) is 4.57 Å². The van der Waals surface area contributed by atoms with E-state index in [1.165, 1.54) is 11.8 Å². The van der Waals surface area contributed by atoms with Crippen molar-refractivity contribution in [2.45, 2.75) is 33.1 Å². The molecule has 0 fully saturated rings. The molecule has 0 bridgehead atoms. The summed E-state index contributed by atoms with van der Waals surface area (Å²) < 4.78 is 13.5. The third kappa shape index (κ3) is 2.57. The second-order valence-electron chi connectivity index (χ2n) is 5.20. The molecule has 0 saturated carbocycles.